The van der Waals surface area contributed by atoms with Crippen molar-refractivity contribution < 1.29 is 4.79 Å². The first kappa shape index (κ1) is 6.56. The van der Waals surface area contributed by atoms with E-state index in [0.717, 1.165) is 6.29 Å². The first-order valence-electron chi connectivity index (χ1n) is 1.84. The number of hydrogen-bond acceptors (Lipinski definition) is 3. The highest BCUT2D eigenvalue weighted by Gasteiger charge is 1.81. The van der Waals surface area contributed by atoms with Gasteiger partial charge in [0.1, 0.15) is 6.29 Å². The molecule has 0 atom stereocenters. The molecule has 0 aliphatic rings. The summed E-state index contributed by atoms with van der Waals surface area (Å²) in [6.07, 6.45) is 2.38. The molecular weight excluding hydrogens is 110 g/mol. The van der Waals surface area contributed by atoms with Crippen molar-refractivity contribution in [1.29, 1.82) is 0 Å². The van der Waals surface area contributed by atoms with Crippen LogP contribution < -0.4 is 5.73 Å². The number of carbonyl (C=O) groups is 1. The lowest BCUT2D eigenvalue weighted by atomic mass is 10.4. The Bertz CT molecular complexity index is 89.7. The summed E-state index contributed by atoms with van der Waals surface area (Å²) in [7, 11) is 0. The predicted molar refractivity (Wildman–Crippen MR) is 31.9 cm³/mol. The van der Waals surface area contributed by atoms with E-state index in [-0.39, 0.29) is 0 Å². The van der Waals surface area contributed by atoms with Gasteiger partial charge in [-0.1, -0.05) is 0 Å². The van der Waals surface area contributed by atoms with Crippen LogP contribution in [0.2, 0.25) is 0 Å². The fourth-order valence-electron chi connectivity index (χ4n) is 0.153. The largest absolute Gasteiger partial charge is 0.404 e. The van der Waals surface area contributed by atoms with Crippen LogP contribution in [0, 0.1) is 0 Å². The fraction of sp³-hybridized carbons (Fsp3) is 0.250. The monoisotopic (exact) mass is 117 g/mol. The third-order valence-electron chi connectivity index (χ3n) is 0.485. The second kappa shape index (κ2) is 3.74. The van der Waals surface area contributed by atoms with E-state index in [1.54, 1.807) is 0 Å². The molecule has 0 spiro atoms. The molecule has 3 heteroatoms. The maximum absolute atomic E-state index is 9.63. The second-order valence-electron chi connectivity index (χ2n) is 1.03. The van der Waals surface area contributed by atoms with Crippen LogP contribution in [0.25, 0.3) is 0 Å². The summed E-state index contributed by atoms with van der Waals surface area (Å²) in [5.74, 6) is 0. The minimum absolute atomic E-state index is 0.319. The van der Waals surface area contributed by atoms with Crippen molar-refractivity contribution in [2.24, 2.45) is 5.73 Å². The molecule has 0 amide bonds. The molecule has 0 unspecified atom stereocenters. The molecule has 0 aliphatic carbocycles. The molecule has 7 heavy (non-hydrogen) atoms. The molecular formula is C4H7NOS. The Morgan fingerprint density at radius 1 is 1.86 bits per heavy atom. The van der Waals surface area contributed by atoms with E-state index in [2.05, 4.69) is 12.6 Å². The van der Waals surface area contributed by atoms with E-state index in [1.807, 2.05) is 0 Å². The van der Waals surface area contributed by atoms with Gasteiger partial charge in [0.25, 0.3) is 0 Å². The summed E-state index contributed by atoms with van der Waals surface area (Å²) in [6, 6.07) is 0. The van der Waals surface area contributed by atoms with Crippen molar-refractivity contribution >= 4 is 18.9 Å². The van der Waals surface area contributed by atoms with Crippen LogP contribution in [0.1, 0.15) is 6.42 Å². The topological polar surface area (TPSA) is 43.1 Å². The quantitative estimate of drug-likeness (QED) is 0.403. The smallest absolute Gasteiger partial charge is 0.124 e. The molecule has 2 N–H and O–H groups in total. The zero-order valence-electron chi connectivity index (χ0n) is 3.79. The molecule has 0 heterocycles. The van der Waals surface area contributed by atoms with Gasteiger partial charge in [-0.2, -0.15) is 0 Å². The normalized spacial score (nSPS) is 11.3. The lowest BCUT2D eigenvalue weighted by molar-refractivity contribution is -0.107. The lowest BCUT2D eigenvalue weighted by Crippen LogP contribution is -1.82. The Balaban J connectivity index is 3.36. The number of thiol groups is 1. The summed E-state index contributed by atoms with van der Waals surface area (Å²) >= 11 is 3.81. The second-order valence-corrected chi connectivity index (χ2v) is 1.60. The van der Waals surface area contributed by atoms with E-state index < -0.39 is 0 Å². The molecule has 0 radical (unpaired) electrons. The highest BCUT2D eigenvalue weighted by molar-refractivity contribution is 7.84. The van der Waals surface area contributed by atoms with Crippen LogP contribution in [0.4, 0.5) is 0 Å². The molecule has 0 saturated heterocycles. The SMILES string of the molecule is N/C=C(\S)CC=O. The highest BCUT2D eigenvalue weighted by Crippen LogP contribution is 1.98. The molecule has 0 bridgehead atoms. The lowest BCUT2D eigenvalue weighted by Gasteiger charge is -1.83. The third kappa shape index (κ3) is 3.39. The van der Waals surface area contributed by atoms with Crippen molar-refractivity contribution in [3.63, 3.8) is 0 Å². The average molecular weight is 117 g/mol. The fourth-order valence-corrected chi connectivity index (χ4v) is 0.228. The Labute approximate surface area is 47.8 Å². The number of rotatable bonds is 2. The third-order valence-corrected chi connectivity index (χ3v) is 0.817. The minimum Gasteiger partial charge on any atom is -0.404 e. The predicted octanol–water partition coefficient (Wildman–Crippen LogP) is 0.305. The number of allylic oxidation sites excluding steroid dienone is 1. The van der Waals surface area contributed by atoms with Crippen molar-refractivity contribution in [2.45, 2.75) is 6.42 Å². The Kier molecular flexibility index (Phi) is 3.50. The van der Waals surface area contributed by atoms with Crippen molar-refractivity contribution in [3.05, 3.63) is 11.1 Å². The molecule has 0 aromatic heterocycles. The van der Waals surface area contributed by atoms with E-state index in [0.29, 0.717) is 11.3 Å². The van der Waals surface area contributed by atoms with Crippen LogP contribution in [-0.4, -0.2) is 6.29 Å². The highest BCUT2D eigenvalue weighted by atomic mass is 32.1. The van der Waals surface area contributed by atoms with Crippen molar-refractivity contribution in [1.82, 2.24) is 0 Å². The van der Waals surface area contributed by atoms with Gasteiger partial charge in [-0.15, -0.1) is 12.6 Å². The van der Waals surface area contributed by atoms with E-state index in [1.165, 1.54) is 6.20 Å². The van der Waals surface area contributed by atoms with Gasteiger partial charge < -0.3 is 10.5 Å². The van der Waals surface area contributed by atoms with E-state index in [9.17, 15) is 4.79 Å². The summed E-state index contributed by atoms with van der Waals surface area (Å²) in [4.78, 5) is 10.2. The maximum Gasteiger partial charge on any atom is 0.124 e. The van der Waals surface area contributed by atoms with Gasteiger partial charge in [-0.05, 0) is 0 Å². The van der Waals surface area contributed by atoms with Crippen LogP contribution in [-0.2, 0) is 4.79 Å². The van der Waals surface area contributed by atoms with Gasteiger partial charge in [0, 0.05) is 17.5 Å². The van der Waals surface area contributed by atoms with Crippen LogP contribution in [0.15, 0.2) is 11.1 Å². The number of aldehydes is 1. The van der Waals surface area contributed by atoms with Crippen LogP contribution >= 0.6 is 12.6 Å². The Morgan fingerprint density at radius 2 is 2.43 bits per heavy atom. The average Bonchev–Trinajstić information content (AvgIpc) is 1.68. The van der Waals surface area contributed by atoms with Gasteiger partial charge in [0.2, 0.25) is 0 Å². The summed E-state index contributed by atoms with van der Waals surface area (Å²) in [5, 5.41) is 0. The first-order chi connectivity index (χ1) is 3.31. The maximum atomic E-state index is 9.63. The molecule has 0 aromatic carbocycles. The van der Waals surface area contributed by atoms with Gasteiger partial charge in [-0.25, -0.2) is 0 Å². The molecule has 40 valence electrons. The summed E-state index contributed by atoms with van der Waals surface area (Å²) < 4.78 is 0. The van der Waals surface area contributed by atoms with Gasteiger partial charge in [0.05, 0.1) is 0 Å². The van der Waals surface area contributed by atoms with Crippen molar-refractivity contribution in [3.8, 4) is 0 Å². The first-order valence-corrected chi connectivity index (χ1v) is 2.29. The summed E-state index contributed by atoms with van der Waals surface area (Å²) in [6.45, 7) is 0. The standard InChI is InChI=1S/C4H7NOS/c5-3-4(7)1-2-6/h2-3,7H,1,5H2/b4-3-. The molecule has 0 saturated carbocycles. The zero-order valence-corrected chi connectivity index (χ0v) is 4.69. The molecule has 0 rings (SSSR count). The number of hydrogen-bond donors (Lipinski definition) is 2. The molecule has 2 nitrogen and oxygen atoms in total. The van der Waals surface area contributed by atoms with Gasteiger partial charge in [-0.3, -0.25) is 0 Å². The Hall–Kier alpha value is -0.440. The van der Waals surface area contributed by atoms with E-state index >= 15 is 0 Å². The minimum atomic E-state index is 0.319. The van der Waals surface area contributed by atoms with Crippen molar-refractivity contribution in [2.75, 3.05) is 0 Å². The van der Waals surface area contributed by atoms with E-state index in [4.69, 9.17) is 5.73 Å². The van der Waals surface area contributed by atoms with Gasteiger partial charge in [0.15, 0.2) is 0 Å². The molecule has 0 aliphatic heterocycles. The summed E-state index contributed by atoms with van der Waals surface area (Å²) in [5.41, 5.74) is 4.96. The Morgan fingerprint density at radius 3 is 2.57 bits per heavy atom. The van der Waals surface area contributed by atoms with Crippen LogP contribution in [0.5, 0.6) is 0 Å². The zero-order chi connectivity index (χ0) is 5.70. The molecule has 0 fully saturated rings. The molecule has 0 aromatic rings. The van der Waals surface area contributed by atoms with Gasteiger partial charge >= 0.3 is 0 Å². The number of carbonyl (C=O) groups excluding carboxylic acids is 1. The van der Waals surface area contributed by atoms with Crippen LogP contribution in [0.3, 0.4) is 0 Å². The number of nitrogens with two attached hydrogens (primary N) is 1.